The molecule has 30 heavy (non-hydrogen) atoms. The van der Waals surface area contributed by atoms with Crippen molar-refractivity contribution in [2.75, 3.05) is 11.1 Å². The number of ether oxygens (including phenoxy) is 1. The zero-order valence-electron chi connectivity index (χ0n) is 15.8. The van der Waals surface area contributed by atoms with Gasteiger partial charge in [0, 0.05) is 12.1 Å². The van der Waals surface area contributed by atoms with Gasteiger partial charge in [0.05, 0.1) is 26.5 Å². The molecule has 0 saturated heterocycles. The van der Waals surface area contributed by atoms with Crippen LogP contribution in [0.15, 0.2) is 41.6 Å². The Bertz CT molecular complexity index is 1080. The highest BCUT2D eigenvalue weighted by atomic mass is 35.5. The molecule has 2 aromatic carbocycles. The first-order valence-corrected chi connectivity index (χ1v) is 11.1. The van der Waals surface area contributed by atoms with Crippen molar-refractivity contribution in [2.45, 2.75) is 18.2 Å². The average Bonchev–Trinajstić information content (AvgIpc) is 3.06. The Balaban J connectivity index is 1.62. The molecule has 1 aromatic heterocycles. The monoisotopic (exact) mass is 504 g/mol. The number of carbonyl (C=O) groups excluding carboxylic acids is 1. The molecule has 1 N–H and O–H groups in total. The van der Waals surface area contributed by atoms with E-state index in [-0.39, 0.29) is 11.7 Å². The lowest BCUT2D eigenvalue weighted by molar-refractivity contribution is -0.113. The van der Waals surface area contributed by atoms with E-state index in [1.54, 1.807) is 48.0 Å². The molecule has 1 unspecified atom stereocenters. The number of hydrogen-bond donors (Lipinski definition) is 1. The van der Waals surface area contributed by atoms with Crippen LogP contribution in [0.2, 0.25) is 20.1 Å². The molecule has 6 nitrogen and oxygen atoms in total. The average molecular weight is 506 g/mol. The number of rotatable bonds is 7. The number of aromatic nitrogens is 3. The summed E-state index contributed by atoms with van der Waals surface area (Å²) in [4.78, 5) is 12.3. The summed E-state index contributed by atoms with van der Waals surface area (Å²) in [6.07, 6.45) is -0.422. The van der Waals surface area contributed by atoms with Crippen LogP contribution in [0, 0.1) is 0 Å². The molecule has 0 spiro atoms. The summed E-state index contributed by atoms with van der Waals surface area (Å²) in [7, 11) is 1.80. The summed E-state index contributed by atoms with van der Waals surface area (Å²) in [6, 6.07) is 10.0. The van der Waals surface area contributed by atoms with Crippen molar-refractivity contribution in [2.24, 2.45) is 7.05 Å². The standard InChI is InChI=1S/C19H16Cl4N4O2S/c1-10(29-15-7-6-11(20)8-13(15)22)18-25-26-19(27(18)2)30-9-16(28)24-14-5-3-4-12(21)17(14)23/h3-8,10H,9H2,1-2H3,(H,24,28). The summed E-state index contributed by atoms with van der Waals surface area (Å²) >= 11 is 25.4. The number of halogens is 4. The minimum Gasteiger partial charge on any atom is -0.481 e. The molecule has 1 amide bonds. The Kier molecular flexibility index (Phi) is 7.76. The van der Waals surface area contributed by atoms with Crippen molar-refractivity contribution < 1.29 is 9.53 Å². The molecule has 0 fully saturated rings. The van der Waals surface area contributed by atoms with E-state index in [0.717, 1.165) is 0 Å². The van der Waals surface area contributed by atoms with Gasteiger partial charge in [-0.15, -0.1) is 10.2 Å². The van der Waals surface area contributed by atoms with Crippen molar-refractivity contribution in [1.82, 2.24) is 14.8 Å². The zero-order chi connectivity index (χ0) is 21.8. The lowest BCUT2D eigenvalue weighted by Gasteiger charge is -2.15. The minimum atomic E-state index is -0.422. The third-order valence-corrected chi connectivity index (χ3v) is 6.36. The summed E-state index contributed by atoms with van der Waals surface area (Å²) in [5.74, 6) is 0.948. The molecule has 0 aliphatic heterocycles. The van der Waals surface area contributed by atoms with E-state index in [1.165, 1.54) is 11.8 Å². The molecule has 0 bridgehead atoms. The van der Waals surface area contributed by atoms with Crippen molar-refractivity contribution in [3.05, 3.63) is 62.3 Å². The molecule has 0 radical (unpaired) electrons. The fourth-order valence-electron chi connectivity index (χ4n) is 2.54. The Morgan fingerprint density at radius 1 is 1.17 bits per heavy atom. The lowest BCUT2D eigenvalue weighted by atomic mass is 10.3. The van der Waals surface area contributed by atoms with Gasteiger partial charge in [-0.3, -0.25) is 4.79 Å². The third kappa shape index (κ3) is 5.53. The number of carbonyl (C=O) groups is 1. The second-order valence-corrected chi connectivity index (χ2v) is 8.74. The van der Waals surface area contributed by atoms with Crippen molar-refractivity contribution in [3.63, 3.8) is 0 Å². The molecular weight excluding hydrogens is 490 g/mol. The van der Waals surface area contributed by atoms with Crippen LogP contribution >= 0.6 is 58.2 Å². The predicted octanol–water partition coefficient (Wildman–Crippen LogP) is 6.30. The maximum atomic E-state index is 12.3. The number of benzene rings is 2. The zero-order valence-corrected chi connectivity index (χ0v) is 19.7. The highest BCUT2D eigenvalue weighted by Crippen LogP contribution is 2.32. The predicted molar refractivity (Wildman–Crippen MR) is 122 cm³/mol. The quantitative estimate of drug-likeness (QED) is 0.381. The maximum Gasteiger partial charge on any atom is 0.234 e. The normalized spacial score (nSPS) is 11.9. The van der Waals surface area contributed by atoms with Crippen LogP contribution in [0.3, 0.4) is 0 Å². The summed E-state index contributed by atoms with van der Waals surface area (Å²) in [5, 5.41) is 13.2. The van der Waals surface area contributed by atoms with Crippen LogP contribution in [-0.2, 0) is 11.8 Å². The molecule has 0 aliphatic rings. The summed E-state index contributed by atoms with van der Waals surface area (Å²) < 4.78 is 7.64. The number of hydrogen-bond acceptors (Lipinski definition) is 5. The largest absolute Gasteiger partial charge is 0.481 e. The fraction of sp³-hybridized carbons (Fsp3) is 0.211. The molecule has 3 rings (SSSR count). The summed E-state index contributed by atoms with van der Waals surface area (Å²) in [5.41, 5.74) is 0.454. The highest BCUT2D eigenvalue weighted by Gasteiger charge is 2.19. The van der Waals surface area contributed by atoms with Gasteiger partial charge in [-0.25, -0.2) is 0 Å². The fourth-order valence-corrected chi connectivity index (χ4v) is 4.06. The molecule has 158 valence electrons. The smallest absolute Gasteiger partial charge is 0.234 e. The third-order valence-electron chi connectivity index (χ3n) is 3.99. The maximum absolute atomic E-state index is 12.3. The number of nitrogens with zero attached hydrogens (tertiary/aromatic N) is 3. The van der Waals surface area contributed by atoms with Crippen molar-refractivity contribution in [1.29, 1.82) is 0 Å². The number of anilines is 1. The van der Waals surface area contributed by atoms with Crippen LogP contribution in [-0.4, -0.2) is 26.4 Å². The van der Waals surface area contributed by atoms with Gasteiger partial charge in [-0.1, -0.05) is 64.2 Å². The molecule has 0 aliphatic carbocycles. The lowest BCUT2D eigenvalue weighted by Crippen LogP contribution is -2.15. The SMILES string of the molecule is CC(Oc1ccc(Cl)cc1Cl)c1nnc(SCC(=O)Nc2cccc(Cl)c2Cl)n1C. The first-order chi connectivity index (χ1) is 14.3. The minimum absolute atomic E-state index is 0.118. The Morgan fingerprint density at radius 3 is 2.67 bits per heavy atom. The molecule has 1 atom stereocenters. The first kappa shape index (κ1) is 23.0. The molecule has 11 heteroatoms. The Labute approximate surface area is 197 Å². The molecular formula is C19H16Cl4N4O2S. The van der Waals surface area contributed by atoms with E-state index in [9.17, 15) is 4.79 Å². The number of amides is 1. The van der Waals surface area contributed by atoms with Crippen molar-refractivity contribution in [3.8, 4) is 5.75 Å². The number of nitrogens with one attached hydrogen (secondary N) is 1. The van der Waals surface area contributed by atoms with Gasteiger partial charge in [0.1, 0.15) is 5.75 Å². The van der Waals surface area contributed by atoms with E-state index in [2.05, 4.69) is 15.5 Å². The van der Waals surface area contributed by atoms with Gasteiger partial charge >= 0.3 is 0 Å². The van der Waals surface area contributed by atoms with Gasteiger partial charge in [0.15, 0.2) is 17.1 Å². The van der Waals surface area contributed by atoms with Crippen LogP contribution < -0.4 is 10.1 Å². The summed E-state index contributed by atoms with van der Waals surface area (Å²) in [6.45, 7) is 1.83. The molecule has 0 saturated carbocycles. The molecule has 1 heterocycles. The second kappa shape index (κ2) is 10.1. The van der Waals surface area contributed by atoms with E-state index < -0.39 is 6.10 Å². The number of thioether (sulfide) groups is 1. The van der Waals surface area contributed by atoms with Crippen LogP contribution in [0.5, 0.6) is 5.75 Å². The van der Waals surface area contributed by atoms with Crippen molar-refractivity contribution >= 4 is 69.8 Å². The Hall–Kier alpha value is -1.64. The Morgan fingerprint density at radius 2 is 1.93 bits per heavy atom. The van der Waals surface area contributed by atoms with E-state index in [1.807, 2.05) is 6.92 Å². The van der Waals surface area contributed by atoms with Crippen LogP contribution in [0.25, 0.3) is 0 Å². The topological polar surface area (TPSA) is 69.0 Å². The van der Waals surface area contributed by atoms with Gasteiger partial charge in [0.25, 0.3) is 0 Å². The first-order valence-electron chi connectivity index (χ1n) is 8.64. The van der Waals surface area contributed by atoms with Gasteiger partial charge in [-0.2, -0.15) is 0 Å². The van der Waals surface area contributed by atoms with Crippen LogP contribution in [0.1, 0.15) is 18.9 Å². The van der Waals surface area contributed by atoms with E-state index >= 15 is 0 Å². The second-order valence-electron chi connectivity index (χ2n) is 6.17. The van der Waals surface area contributed by atoms with Gasteiger partial charge < -0.3 is 14.6 Å². The molecule has 3 aromatic rings. The van der Waals surface area contributed by atoms with Crippen LogP contribution in [0.4, 0.5) is 5.69 Å². The van der Waals surface area contributed by atoms with Gasteiger partial charge in [0.2, 0.25) is 5.91 Å². The van der Waals surface area contributed by atoms with E-state index in [4.69, 9.17) is 51.1 Å². The van der Waals surface area contributed by atoms with Gasteiger partial charge in [-0.05, 0) is 37.3 Å². The highest BCUT2D eigenvalue weighted by molar-refractivity contribution is 7.99. The van der Waals surface area contributed by atoms with E-state index in [0.29, 0.717) is 42.5 Å².